The standard InChI is InChI=1S/C16H28N2O/c1-5-18(6-2)12-16-9-7-15(8-10-16)11-17-14(3)13-19-4/h7-10,14,17H,5-6,11-13H2,1-4H3. The predicted octanol–water partition coefficient (Wildman–Crippen LogP) is 2.65. The van der Waals surface area contributed by atoms with Gasteiger partial charge in [-0.1, -0.05) is 38.1 Å². The molecule has 0 fully saturated rings. The zero-order valence-electron chi connectivity index (χ0n) is 12.8. The van der Waals surface area contributed by atoms with Crippen LogP contribution in [0.15, 0.2) is 24.3 Å². The molecule has 1 atom stereocenters. The highest BCUT2D eigenvalue weighted by molar-refractivity contribution is 5.22. The molecule has 0 spiro atoms. The van der Waals surface area contributed by atoms with E-state index in [0.717, 1.165) is 32.8 Å². The minimum Gasteiger partial charge on any atom is -0.383 e. The highest BCUT2D eigenvalue weighted by Gasteiger charge is 2.03. The highest BCUT2D eigenvalue weighted by atomic mass is 16.5. The summed E-state index contributed by atoms with van der Waals surface area (Å²) in [6.07, 6.45) is 0. The van der Waals surface area contributed by atoms with Gasteiger partial charge in [0.2, 0.25) is 0 Å². The summed E-state index contributed by atoms with van der Waals surface area (Å²) < 4.78 is 5.11. The van der Waals surface area contributed by atoms with Gasteiger partial charge < -0.3 is 10.1 Å². The number of methoxy groups -OCH3 is 1. The summed E-state index contributed by atoms with van der Waals surface area (Å²) >= 11 is 0. The molecule has 0 aliphatic rings. The van der Waals surface area contributed by atoms with Gasteiger partial charge in [-0.3, -0.25) is 4.90 Å². The smallest absolute Gasteiger partial charge is 0.0613 e. The van der Waals surface area contributed by atoms with Crippen LogP contribution < -0.4 is 5.32 Å². The van der Waals surface area contributed by atoms with Crippen LogP contribution in [0.5, 0.6) is 0 Å². The minimum absolute atomic E-state index is 0.389. The van der Waals surface area contributed by atoms with Crippen LogP contribution in [0.25, 0.3) is 0 Å². The van der Waals surface area contributed by atoms with Gasteiger partial charge in [-0.15, -0.1) is 0 Å². The van der Waals surface area contributed by atoms with Crippen molar-refractivity contribution in [3.8, 4) is 0 Å². The van der Waals surface area contributed by atoms with E-state index in [-0.39, 0.29) is 0 Å². The molecule has 1 aromatic rings. The largest absolute Gasteiger partial charge is 0.383 e. The second-order valence-electron chi connectivity index (χ2n) is 5.02. The van der Waals surface area contributed by atoms with Crippen molar-refractivity contribution in [1.82, 2.24) is 10.2 Å². The molecule has 0 radical (unpaired) electrons. The molecule has 0 amide bonds. The first-order chi connectivity index (χ1) is 9.19. The normalized spacial score (nSPS) is 12.9. The van der Waals surface area contributed by atoms with E-state index in [0.29, 0.717) is 6.04 Å². The molecule has 0 saturated carbocycles. The molecule has 0 aliphatic heterocycles. The van der Waals surface area contributed by atoms with Crippen molar-refractivity contribution in [3.05, 3.63) is 35.4 Å². The molecular formula is C16H28N2O. The van der Waals surface area contributed by atoms with Gasteiger partial charge >= 0.3 is 0 Å². The maximum Gasteiger partial charge on any atom is 0.0613 e. The fourth-order valence-corrected chi connectivity index (χ4v) is 2.07. The van der Waals surface area contributed by atoms with Gasteiger partial charge in [0.05, 0.1) is 6.61 Å². The van der Waals surface area contributed by atoms with Crippen molar-refractivity contribution in [3.63, 3.8) is 0 Å². The van der Waals surface area contributed by atoms with Crippen LogP contribution in [0.4, 0.5) is 0 Å². The lowest BCUT2D eigenvalue weighted by Crippen LogP contribution is -2.29. The Labute approximate surface area is 118 Å². The van der Waals surface area contributed by atoms with E-state index >= 15 is 0 Å². The van der Waals surface area contributed by atoms with Crippen LogP contribution in [0, 0.1) is 0 Å². The van der Waals surface area contributed by atoms with Crippen molar-refractivity contribution in [2.75, 3.05) is 26.8 Å². The van der Waals surface area contributed by atoms with Crippen LogP contribution in [-0.4, -0.2) is 37.7 Å². The summed E-state index contributed by atoms with van der Waals surface area (Å²) in [4.78, 5) is 2.42. The Bertz CT molecular complexity index is 333. The molecule has 0 heterocycles. The number of benzene rings is 1. The lowest BCUT2D eigenvalue weighted by atomic mass is 10.1. The summed E-state index contributed by atoms with van der Waals surface area (Å²) in [5, 5.41) is 3.45. The van der Waals surface area contributed by atoms with Gasteiger partial charge in [0.1, 0.15) is 0 Å². The van der Waals surface area contributed by atoms with Crippen molar-refractivity contribution in [1.29, 1.82) is 0 Å². The van der Waals surface area contributed by atoms with Crippen LogP contribution in [0.3, 0.4) is 0 Å². The number of hydrogen-bond donors (Lipinski definition) is 1. The van der Waals surface area contributed by atoms with E-state index < -0.39 is 0 Å². The van der Waals surface area contributed by atoms with E-state index in [2.05, 4.69) is 55.3 Å². The molecule has 0 saturated heterocycles. The van der Waals surface area contributed by atoms with Crippen LogP contribution in [-0.2, 0) is 17.8 Å². The molecule has 1 N–H and O–H groups in total. The van der Waals surface area contributed by atoms with Gasteiger partial charge in [0, 0.05) is 26.2 Å². The number of nitrogens with one attached hydrogen (secondary N) is 1. The Balaban J connectivity index is 2.43. The Morgan fingerprint density at radius 1 is 1.11 bits per heavy atom. The fraction of sp³-hybridized carbons (Fsp3) is 0.625. The summed E-state index contributed by atoms with van der Waals surface area (Å²) in [7, 11) is 1.74. The van der Waals surface area contributed by atoms with E-state index in [4.69, 9.17) is 4.74 Å². The molecule has 19 heavy (non-hydrogen) atoms. The average Bonchev–Trinajstić information content (AvgIpc) is 2.44. The third kappa shape index (κ3) is 6.19. The Hall–Kier alpha value is -0.900. The Morgan fingerprint density at radius 2 is 1.68 bits per heavy atom. The van der Waals surface area contributed by atoms with E-state index in [9.17, 15) is 0 Å². The van der Waals surface area contributed by atoms with Crippen molar-refractivity contribution in [2.24, 2.45) is 0 Å². The minimum atomic E-state index is 0.389. The number of rotatable bonds is 9. The first-order valence-electron chi connectivity index (χ1n) is 7.22. The molecule has 1 unspecified atom stereocenters. The van der Waals surface area contributed by atoms with Crippen molar-refractivity contribution < 1.29 is 4.74 Å². The van der Waals surface area contributed by atoms with Gasteiger partial charge in [-0.25, -0.2) is 0 Å². The summed E-state index contributed by atoms with van der Waals surface area (Å²) in [6, 6.07) is 9.28. The second kappa shape index (κ2) is 9.08. The highest BCUT2D eigenvalue weighted by Crippen LogP contribution is 2.07. The van der Waals surface area contributed by atoms with Crippen molar-refractivity contribution >= 4 is 0 Å². The maximum atomic E-state index is 5.11. The van der Waals surface area contributed by atoms with Crippen LogP contribution in [0.1, 0.15) is 31.9 Å². The third-order valence-corrected chi connectivity index (χ3v) is 3.39. The molecule has 0 aliphatic carbocycles. The monoisotopic (exact) mass is 264 g/mol. The van der Waals surface area contributed by atoms with Crippen LogP contribution >= 0.6 is 0 Å². The summed E-state index contributed by atoms with van der Waals surface area (Å²) in [5.41, 5.74) is 2.71. The first kappa shape index (κ1) is 16.2. The number of nitrogens with zero attached hydrogens (tertiary/aromatic N) is 1. The predicted molar refractivity (Wildman–Crippen MR) is 81.2 cm³/mol. The van der Waals surface area contributed by atoms with E-state index in [1.807, 2.05) is 0 Å². The zero-order chi connectivity index (χ0) is 14.1. The molecule has 3 heteroatoms. The number of hydrogen-bond acceptors (Lipinski definition) is 3. The summed E-state index contributed by atoms with van der Waals surface area (Å²) in [5.74, 6) is 0. The second-order valence-corrected chi connectivity index (χ2v) is 5.02. The molecule has 0 aromatic heterocycles. The quantitative estimate of drug-likeness (QED) is 0.742. The number of ether oxygens (including phenoxy) is 1. The first-order valence-corrected chi connectivity index (χ1v) is 7.22. The lowest BCUT2D eigenvalue weighted by Gasteiger charge is -2.18. The lowest BCUT2D eigenvalue weighted by molar-refractivity contribution is 0.171. The molecule has 1 aromatic carbocycles. The Morgan fingerprint density at radius 3 is 2.21 bits per heavy atom. The molecular weight excluding hydrogens is 236 g/mol. The average molecular weight is 264 g/mol. The molecule has 0 bridgehead atoms. The van der Waals surface area contributed by atoms with Gasteiger partial charge in [0.15, 0.2) is 0 Å². The van der Waals surface area contributed by atoms with Gasteiger partial charge in [-0.05, 0) is 31.1 Å². The molecule has 108 valence electrons. The SMILES string of the molecule is CCN(CC)Cc1ccc(CNC(C)COC)cc1. The maximum absolute atomic E-state index is 5.11. The Kier molecular flexibility index (Phi) is 7.72. The van der Waals surface area contributed by atoms with Gasteiger partial charge in [-0.2, -0.15) is 0 Å². The fourth-order valence-electron chi connectivity index (χ4n) is 2.07. The van der Waals surface area contributed by atoms with Crippen molar-refractivity contribution in [2.45, 2.75) is 39.9 Å². The van der Waals surface area contributed by atoms with E-state index in [1.54, 1.807) is 7.11 Å². The molecule has 1 rings (SSSR count). The molecule has 3 nitrogen and oxygen atoms in total. The summed E-state index contributed by atoms with van der Waals surface area (Å²) in [6.45, 7) is 11.5. The topological polar surface area (TPSA) is 24.5 Å². The zero-order valence-corrected chi connectivity index (χ0v) is 12.8. The van der Waals surface area contributed by atoms with Gasteiger partial charge in [0.25, 0.3) is 0 Å². The third-order valence-electron chi connectivity index (χ3n) is 3.39. The van der Waals surface area contributed by atoms with Crippen LogP contribution in [0.2, 0.25) is 0 Å². The van der Waals surface area contributed by atoms with E-state index in [1.165, 1.54) is 11.1 Å².